The van der Waals surface area contributed by atoms with E-state index in [2.05, 4.69) is 5.32 Å². The van der Waals surface area contributed by atoms with Gasteiger partial charge in [-0.25, -0.2) is 4.79 Å². The average molecular weight is 356 g/mol. The van der Waals surface area contributed by atoms with Crippen LogP contribution in [0.5, 0.6) is 5.75 Å². The van der Waals surface area contributed by atoms with Crippen molar-refractivity contribution >= 4 is 23.5 Å². The number of rotatable bonds is 8. The van der Waals surface area contributed by atoms with Crippen molar-refractivity contribution < 1.29 is 23.9 Å². The van der Waals surface area contributed by atoms with Gasteiger partial charge < -0.3 is 20.5 Å². The van der Waals surface area contributed by atoms with Crippen LogP contribution >= 0.6 is 0 Å². The molecule has 2 aromatic carbocycles. The van der Waals surface area contributed by atoms with Gasteiger partial charge >= 0.3 is 5.97 Å². The summed E-state index contributed by atoms with van der Waals surface area (Å²) in [6.45, 7) is 1.50. The van der Waals surface area contributed by atoms with Crippen LogP contribution < -0.4 is 15.8 Å². The lowest BCUT2D eigenvalue weighted by molar-refractivity contribution is -0.124. The number of primary amides is 1. The van der Waals surface area contributed by atoms with E-state index >= 15 is 0 Å². The molecule has 0 radical (unpaired) electrons. The molecule has 0 saturated carbocycles. The lowest BCUT2D eigenvalue weighted by Gasteiger charge is -2.16. The third kappa shape index (κ3) is 5.62. The van der Waals surface area contributed by atoms with E-state index in [0.717, 1.165) is 0 Å². The van der Waals surface area contributed by atoms with E-state index in [1.807, 2.05) is 6.07 Å². The van der Waals surface area contributed by atoms with Crippen LogP contribution in [0.2, 0.25) is 0 Å². The van der Waals surface area contributed by atoms with Crippen LogP contribution in [0.15, 0.2) is 54.6 Å². The number of anilines is 1. The first-order valence-corrected chi connectivity index (χ1v) is 8.07. The van der Waals surface area contributed by atoms with Crippen molar-refractivity contribution in [3.05, 3.63) is 60.2 Å². The number of ether oxygens (including phenoxy) is 2. The first-order chi connectivity index (χ1) is 12.5. The van der Waals surface area contributed by atoms with Gasteiger partial charge in [0.25, 0.3) is 11.8 Å². The second kappa shape index (κ2) is 9.22. The third-order valence-corrected chi connectivity index (χ3v) is 3.42. The molecule has 0 aliphatic carbocycles. The second-order valence-electron chi connectivity index (χ2n) is 5.44. The molecule has 0 spiro atoms. The predicted octanol–water partition coefficient (Wildman–Crippen LogP) is 2.12. The Morgan fingerprint density at radius 2 is 1.69 bits per heavy atom. The Bertz CT molecular complexity index is 759. The lowest BCUT2D eigenvalue weighted by Crippen LogP contribution is -2.32. The summed E-state index contributed by atoms with van der Waals surface area (Å²) in [5, 5.41) is 2.71. The number of hydrogen-bond donors (Lipinski definition) is 2. The molecule has 0 aromatic heterocycles. The number of para-hydroxylation sites is 1. The number of nitrogens with two attached hydrogens (primary N) is 1. The zero-order chi connectivity index (χ0) is 18.9. The SMILES string of the molecule is CCC(OC(=O)c1ccc(OCC(N)=O)cc1)C(=O)Nc1ccccc1. The van der Waals surface area contributed by atoms with Gasteiger partial charge in [-0.1, -0.05) is 25.1 Å². The van der Waals surface area contributed by atoms with Crippen LogP contribution in [0, 0.1) is 0 Å². The van der Waals surface area contributed by atoms with E-state index in [-0.39, 0.29) is 12.2 Å². The van der Waals surface area contributed by atoms with Gasteiger partial charge in [0.1, 0.15) is 5.75 Å². The summed E-state index contributed by atoms with van der Waals surface area (Å²) in [6.07, 6.45) is -0.571. The van der Waals surface area contributed by atoms with Crippen LogP contribution in [-0.2, 0) is 14.3 Å². The van der Waals surface area contributed by atoms with Gasteiger partial charge in [0.15, 0.2) is 12.7 Å². The van der Waals surface area contributed by atoms with Gasteiger partial charge in [-0.2, -0.15) is 0 Å². The van der Waals surface area contributed by atoms with E-state index < -0.39 is 23.9 Å². The molecule has 0 heterocycles. The number of esters is 1. The average Bonchev–Trinajstić information content (AvgIpc) is 2.65. The molecular formula is C19H20N2O5. The highest BCUT2D eigenvalue weighted by Gasteiger charge is 2.22. The lowest BCUT2D eigenvalue weighted by atomic mass is 10.2. The molecule has 0 bridgehead atoms. The molecular weight excluding hydrogens is 336 g/mol. The molecule has 0 aliphatic rings. The summed E-state index contributed by atoms with van der Waals surface area (Å²) < 4.78 is 10.4. The summed E-state index contributed by atoms with van der Waals surface area (Å²) in [5.74, 6) is -1.21. The molecule has 3 N–H and O–H groups in total. The molecule has 0 fully saturated rings. The smallest absolute Gasteiger partial charge is 0.338 e. The number of amides is 2. The van der Waals surface area contributed by atoms with Crippen molar-refractivity contribution in [1.29, 1.82) is 0 Å². The molecule has 1 atom stereocenters. The highest BCUT2D eigenvalue weighted by Crippen LogP contribution is 2.15. The Labute approximate surface area is 151 Å². The molecule has 0 aliphatic heterocycles. The molecule has 26 heavy (non-hydrogen) atoms. The minimum Gasteiger partial charge on any atom is -0.484 e. The quantitative estimate of drug-likeness (QED) is 0.705. The van der Waals surface area contributed by atoms with E-state index in [9.17, 15) is 14.4 Å². The maximum atomic E-state index is 12.3. The van der Waals surface area contributed by atoms with Crippen molar-refractivity contribution in [2.45, 2.75) is 19.4 Å². The van der Waals surface area contributed by atoms with E-state index in [0.29, 0.717) is 17.9 Å². The summed E-state index contributed by atoms with van der Waals surface area (Å²) in [7, 11) is 0. The van der Waals surface area contributed by atoms with Crippen molar-refractivity contribution in [3.8, 4) is 5.75 Å². The minimum absolute atomic E-state index is 0.249. The maximum absolute atomic E-state index is 12.3. The second-order valence-corrected chi connectivity index (χ2v) is 5.44. The molecule has 1 unspecified atom stereocenters. The first-order valence-electron chi connectivity index (χ1n) is 8.07. The molecule has 2 aromatic rings. The number of carbonyl (C=O) groups is 3. The van der Waals surface area contributed by atoms with Crippen molar-refractivity contribution in [2.24, 2.45) is 5.73 Å². The number of nitrogens with one attached hydrogen (secondary N) is 1. The zero-order valence-corrected chi connectivity index (χ0v) is 14.3. The van der Waals surface area contributed by atoms with Crippen molar-refractivity contribution in [1.82, 2.24) is 0 Å². The fourth-order valence-corrected chi connectivity index (χ4v) is 2.11. The Hall–Kier alpha value is -3.35. The Balaban J connectivity index is 1.95. The predicted molar refractivity (Wildman–Crippen MR) is 95.7 cm³/mol. The maximum Gasteiger partial charge on any atom is 0.338 e. The van der Waals surface area contributed by atoms with Crippen LogP contribution in [-0.4, -0.2) is 30.5 Å². The summed E-state index contributed by atoms with van der Waals surface area (Å²) >= 11 is 0. The normalized spacial score (nSPS) is 11.3. The molecule has 0 saturated heterocycles. The van der Waals surface area contributed by atoms with Gasteiger partial charge in [-0.3, -0.25) is 9.59 Å². The van der Waals surface area contributed by atoms with Crippen LogP contribution in [0.1, 0.15) is 23.7 Å². The largest absolute Gasteiger partial charge is 0.484 e. The molecule has 2 rings (SSSR count). The number of hydrogen-bond acceptors (Lipinski definition) is 5. The summed E-state index contributed by atoms with van der Waals surface area (Å²) in [5.41, 5.74) is 5.89. The molecule has 2 amide bonds. The van der Waals surface area contributed by atoms with Crippen LogP contribution in [0.25, 0.3) is 0 Å². The van der Waals surface area contributed by atoms with Gasteiger partial charge in [-0.15, -0.1) is 0 Å². The third-order valence-electron chi connectivity index (χ3n) is 3.42. The van der Waals surface area contributed by atoms with E-state index in [1.54, 1.807) is 31.2 Å². The Kier molecular flexibility index (Phi) is 6.73. The van der Waals surface area contributed by atoms with Crippen LogP contribution in [0.3, 0.4) is 0 Å². The standard InChI is InChI=1S/C19H20N2O5/c1-2-16(18(23)21-14-6-4-3-5-7-14)26-19(24)13-8-10-15(11-9-13)25-12-17(20)22/h3-11,16H,2,12H2,1H3,(H2,20,22)(H,21,23). The van der Waals surface area contributed by atoms with E-state index in [4.69, 9.17) is 15.2 Å². The Morgan fingerprint density at radius 1 is 1.04 bits per heavy atom. The molecule has 136 valence electrons. The fourth-order valence-electron chi connectivity index (χ4n) is 2.11. The zero-order valence-electron chi connectivity index (χ0n) is 14.3. The Morgan fingerprint density at radius 3 is 2.27 bits per heavy atom. The van der Waals surface area contributed by atoms with Crippen molar-refractivity contribution in [2.75, 3.05) is 11.9 Å². The number of benzene rings is 2. The summed E-state index contributed by atoms with van der Waals surface area (Å²) in [4.78, 5) is 35.2. The monoisotopic (exact) mass is 356 g/mol. The highest BCUT2D eigenvalue weighted by atomic mass is 16.5. The first kappa shape index (κ1) is 19.0. The molecule has 7 nitrogen and oxygen atoms in total. The van der Waals surface area contributed by atoms with Gasteiger partial charge in [0.05, 0.1) is 5.56 Å². The molecule has 7 heteroatoms. The van der Waals surface area contributed by atoms with Gasteiger partial charge in [-0.05, 0) is 42.8 Å². The number of carbonyl (C=O) groups excluding carboxylic acids is 3. The highest BCUT2D eigenvalue weighted by molar-refractivity contribution is 5.97. The fraction of sp³-hybridized carbons (Fsp3) is 0.211. The van der Waals surface area contributed by atoms with Crippen LogP contribution in [0.4, 0.5) is 5.69 Å². The minimum atomic E-state index is -0.909. The van der Waals surface area contributed by atoms with Gasteiger partial charge in [0.2, 0.25) is 0 Å². The topological polar surface area (TPSA) is 108 Å². The van der Waals surface area contributed by atoms with Gasteiger partial charge in [0, 0.05) is 5.69 Å². The van der Waals surface area contributed by atoms with Crippen molar-refractivity contribution in [3.63, 3.8) is 0 Å². The summed E-state index contributed by atoms with van der Waals surface area (Å²) in [6, 6.07) is 14.9. The van der Waals surface area contributed by atoms with E-state index in [1.165, 1.54) is 24.3 Å².